The zero-order valence-corrected chi connectivity index (χ0v) is 27.9. The third-order valence-electron chi connectivity index (χ3n) is 8.76. The number of benzene rings is 4. The van der Waals surface area contributed by atoms with Crippen molar-refractivity contribution >= 4 is 28.6 Å². The molecule has 0 radical (unpaired) electrons. The van der Waals surface area contributed by atoms with Crippen LogP contribution in [0.4, 0.5) is 0 Å². The molecule has 1 heterocycles. The van der Waals surface area contributed by atoms with Gasteiger partial charge in [0.15, 0.2) is 0 Å². The number of nitrogens with one attached hydrogen (secondary N) is 4. The summed E-state index contributed by atoms with van der Waals surface area (Å²) in [5.74, 6) is -1.78. The number of para-hydroxylation sites is 1. The van der Waals surface area contributed by atoms with E-state index < -0.39 is 48.0 Å². The van der Waals surface area contributed by atoms with E-state index in [-0.39, 0.29) is 12.3 Å². The van der Waals surface area contributed by atoms with Gasteiger partial charge in [-0.25, -0.2) is 0 Å². The molecule has 9 nitrogen and oxygen atoms in total. The van der Waals surface area contributed by atoms with E-state index in [9.17, 15) is 19.5 Å². The van der Waals surface area contributed by atoms with Crippen LogP contribution in [0.25, 0.3) is 10.9 Å². The van der Waals surface area contributed by atoms with E-state index in [2.05, 4.69) is 20.9 Å². The summed E-state index contributed by atoms with van der Waals surface area (Å²) in [6.45, 7) is 3.11. The number of hydrogen-bond donors (Lipinski definition) is 6. The molecule has 4 aromatic carbocycles. The molecule has 254 valence electrons. The van der Waals surface area contributed by atoms with Gasteiger partial charge in [-0.15, -0.1) is 0 Å². The van der Waals surface area contributed by atoms with E-state index in [0.29, 0.717) is 12.8 Å². The van der Waals surface area contributed by atoms with Crippen molar-refractivity contribution in [3.8, 4) is 0 Å². The summed E-state index contributed by atoms with van der Waals surface area (Å²) in [5, 5.41) is 21.7. The van der Waals surface area contributed by atoms with E-state index in [1.165, 1.54) is 0 Å². The number of hydrogen-bond acceptors (Lipinski definition) is 5. The normalized spacial score (nSPS) is 14.9. The zero-order chi connectivity index (χ0) is 34.8. The number of nitrogens with two attached hydrogens (primary N) is 1. The minimum Gasteiger partial charge on any atom is -0.391 e. The molecule has 0 saturated heterocycles. The number of aliphatic hydroxyl groups is 1. The lowest BCUT2D eigenvalue weighted by Gasteiger charge is -2.29. The smallest absolute Gasteiger partial charge is 0.242 e. The Morgan fingerprint density at radius 1 is 0.694 bits per heavy atom. The highest BCUT2D eigenvalue weighted by Gasteiger charge is 2.32. The molecule has 0 bridgehead atoms. The Morgan fingerprint density at radius 2 is 1.27 bits per heavy atom. The van der Waals surface area contributed by atoms with Crippen molar-refractivity contribution in [2.75, 3.05) is 0 Å². The standard InChI is InChI=1S/C40H45N5O4/c1-26(41)38(47)42-27(2)39(48)44-34(23-29-16-8-4-9-17-29)36(46)25-32(22-28-14-6-3-7-15-28)40(49)45-37(30-18-10-5-11-19-30)35-24-31-20-12-13-21-33(31)43-35/h3-21,24,26-27,32,34,36-37,43,46H,22-23,25,41H2,1-2H3,(H,42,47)(H,44,48)(H,45,49)/t26-,27-,32+,34-,36-,37?/m0/s1. The summed E-state index contributed by atoms with van der Waals surface area (Å²) in [6.07, 6.45) is -0.315. The van der Waals surface area contributed by atoms with Gasteiger partial charge in [-0.2, -0.15) is 0 Å². The highest BCUT2D eigenvalue weighted by Crippen LogP contribution is 2.27. The van der Waals surface area contributed by atoms with Crippen molar-refractivity contribution in [2.45, 2.75) is 63.4 Å². The van der Waals surface area contributed by atoms with Crippen molar-refractivity contribution in [3.05, 3.63) is 144 Å². The van der Waals surface area contributed by atoms with E-state index >= 15 is 0 Å². The summed E-state index contributed by atoms with van der Waals surface area (Å²) in [4.78, 5) is 43.3. The minimum atomic E-state index is -1.09. The molecule has 1 unspecified atom stereocenters. The Hall–Kier alpha value is -5.25. The molecule has 7 N–H and O–H groups in total. The summed E-state index contributed by atoms with van der Waals surface area (Å²) >= 11 is 0. The van der Waals surface area contributed by atoms with Gasteiger partial charge in [-0.3, -0.25) is 14.4 Å². The fourth-order valence-electron chi connectivity index (χ4n) is 6.00. The second-order valence-corrected chi connectivity index (χ2v) is 12.7. The van der Waals surface area contributed by atoms with Gasteiger partial charge < -0.3 is 31.8 Å². The molecule has 0 saturated carbocycles. The molecule has 1 aromatic heterocycles. The molecule has 0 spiro atoms. The number of fused-ring (bicyclic) bond motifs is 1. The summed E-state index contributed by atoms with van der Waals surface area (Å²) in [6, 6.07) is 36.2. The van der Waals surface area contributed by atoms with E-state index in [1.54, 1.807) is 13.8 Å². The van der Waals surface area contributed by atoms with Gasteiger partial charge in [0.25, 0.3) is 0 Å². The van der Waals surface area contributed by atoms with Crippen molar-refractivity contribution in [1.29, 1.82) is 0 Å². The Labute approximate surface area is 287 Å². The predicted molar refractivity (Wildman–Crippen MR) is 192 cm³/mol. The van der Waals surface area contributed by atoms with Crippen molar-refractivity contribution < 1.29 is 19.5 Å². The van der Waals surface area contributed by atoms with Crippen LogP contribution in [0.3, 0.4) is 0 Å². The molecule has 0 aliphatic carbocycles. The van der Waals surface area contributed by atoms with Crippen LogP contribution in [0.2, 0.25) is 0 Å². The maximum absolute atomic E-state index is 14.4. The molecule has 0 aliphatic heterocycles. The number of aliphatic hydroxyl groups excluding tert-OH is 1. The lowest BCUT2D eigenvalue weighted by molar-refractivity contribution is -0.130. The molecule has 5 aromatic rings. The van der Waals surface area contributed by atoms with Gasteiger partial charge in [0.2, 0.25) is 17.7 Å². The number of H-pyrrole nitrogens is 1. The highest BCUT2D eigenvalue weighted by molar-refractivity contribution is 5.89. The van der Waals surface area contributed by atoms with Crippen LogP contribution < -0.4 is 21.7 Å². The maximum Gasteiger partial charge on any atom is 0.242 e. The van der Waals surface area contributed by atoms with Gasteiger partial charge in [0.05, 0.1) is 24.2 Å². The van der Waals surface area contributed by atoms with Crippen LogP contribution in [0.5, 0.6) is 0 Å². The summed E-state index contributed by atoms with van der Waals surface area (Å²) in [5.41, 5.74) is 10.3. The quantitative estimate of drug-likeness (QED) is 0.0975. The largest absolute Gasteiger partial charge is 0.391 e. The van der Waals surface area contributed by atoms with Gasteiger partial charge in [-0.05, 0) is 67.3 Å². The monoisotopic (exact) mass is 659 g/mol. The topological polar surface area (TPSA) is 149 Å². The van der Waals surface area contributed by atoms with Crippen molar-refractivity contribution in [1.82, 2.24) is 20.9 Å². The van der Waals surface area contributed by atoms with Gasteiger partial charge in [-0.1, -0.05) is 109 Å². The number of amides is 3. The molecule has 0 fully saturated rings. The summed E-state index contributed by atoms with van der Waals surface area (Å²) < 4.78 is 0. The first-order valence-corrected chi connectivity index (χ1v) is 16.7. The van der Waals surface area contributed by atoms with Crippen molar-refractivity contribution in [3.63, 3.8) is 0 Å². The molecule has 5 rings (SSSR count). The number of aromatic nitrogens is 1. The number of carbonyl (C=O) groups is 3. The molecule has 3 amide bonds. The molecule has 49 heavy (non-hydrogen) atoms. The third kappa shape index (κ3) is 9.65. The maximum atomic E-state index is 14.4. The van der Waals surface area contributed by atoms with Crippen LogP contribution in [-0.4, -0.2) is 52.0 Å². The highest BCUT2D eigenvalue weighted by atomic mass is 16.3. The summed E-state index contributed by atoms with van der Waals surface area (Å²) in [7, 11) is 0. The molecule has 6 atom stereocenters. The molecule has 0 aliphatic rings. The predicted octanol–water partition coefficient (Wildman–Crippen LogP) is 4.56. The molecular formula is C40H45N5O4. The van der Waals surface area contributed by atoms with E-state index in [4.69, 9.17) is 5.73 Å². The zero-order valence-electron chi connectivity index (χ0n) is 27.9. The first kappa shape index (κ1) is 35.1. The van der Waals surface area contributed by atoms with Crippen LogP contribution >= 0.6 is 0 Å². The second kappa shape index (κ2) is 16.7. The first-order valence-electron chi connectivity index (χ1n) is 16.7. The SMILES string of the molecule is C[C@H](N)C(=O)N[C@@H](C)C(=O)N[C@@H](Cc1ccccc1)[C@@H](O)C[C@@H](Cc1ccccc1)C(=O)NC(c1ccccc1)c1cc2ccccc2[nH]1. The Balaban J connectivity index is 1.42. The lowest BCUT2D eigenvalue weighted by atomic mass is 9.88. The fourth-order valence-corrected chi connectivity index (χ4v) is 6.00. The number of carbonyl (C=O) groups excluding carboxylic acids is 3. The minimum absolute atomic E-state index is 0.0767. The van der Waals surface area contributed by atoms with Crippen LogP contribution in [0.15, 0.2) is 121 Å². The Bertz CT molecular complexity index is 1780. The second-order valence-electron chi connectivity index (χ2n) is 12.7. The fraction of sp³-hybridized carbons (Fsp3) is 0.275. The number of rotatable bonds is 15. The average molecular weight is 660 g/mol. The van der Waals surface area contributed by atoms with E-state index in [1.807, 2.05) is 121 Å². The van der Waals surface area contributed by atoms with Gasteiger partial charge in [0, 0.05) is 17.1 Å². The van der Waals surface area contributed by atoms with Crippen LogP contribution in [0, 0.1) is 5.92 Å². The van der Waals surface area contributed by atoms with Crippen molar-refractivity contribution in [2.24, 2.45) is 11.7 Å². The Kier molecular flexibility index (Phi) is 12.0. The molecular weight excluding hydrogens is 614 g/mol. The third-order valence-corrected chi connectivity index (χ3v) is 8.76. The Morgan fingerprint density at radius 3 is 1.88 bits per heavy atom. The molecule has 9 heteroatoms. The average Bonchev–Trinajstić information content (AvgIpc) is 3.55. The van der Waals surface area contributed by atoms with E-state index in [0.717, 1.165) is 33.3 Å². The van der Waals surface area contributed by atoms with Gasteiger partial charge >= 0.3 is 0 Å². The van der Waals surface area contributed by atoms with Gasteiger partial charge in [0.1, 0.15) is 6.04 Å². The van der Waals surface area contributed by atoms with Crippen LogP contribution in [0.1, 0.15) is 48.7 Å². The lowest BCUT2D eigenvalue weighted by Crippen LogP contribution is -2.54. The number of aromatic amines is 1. The van der Waals surface area contributed by atoms with Crippen LogP contribution in [-0.2, 0) is 27.2 Å². The first-order chi connectivity index (χ1) is 23.7.